The third-order valence-electron chi connectivity index (χ3n) is 5.45. The van der Waals surface area contributed by atoms with Crippen molar-refractivity contribution in [1.82, 2.24) is 4.98 Å². The van der Waals surface area contributed by atoms with E-state index in [1.807, 2.05) is 18.2 Å². The van der Waals surface area contributed by atoms with Gasteiger partial charge in [0.1, 0.15) is 10.0 Å². The van der Waals surface area contributed by atoms with Crippen LogP contribution in [0, 0.1) is 0 Å². The molecule has 2 heterocycles. The summed E-state index contributed by atoms with van der Waals surface area (Å²) in [6.45, 7) is 0. The van der Waals surface area contributed by atoms with E-state index in [-0.39, 0.29) is 10.8 Å². The molecule has 5 nitrogen and oxygen atoms in total. The number of aryl methyl sites for hydroxylation is 1. The van der Waals surface area contributed by atoms with E-state index in [1.54, 1.807) is 34.8 Å². The number of thiophene rings is 1. The molecule has 2 aromatic carbocycles. The summed E-state index contributed by atoms with van der Waals surface area (Å²) in [5.74, 6) is -0.249. The number of aromatic nitrogens is 1. The van der Waals surface area contributed by atoms with Gasteiger partial charge in [0, 0.05) is 22.3 Å². The highest BCUT2D eigenvalue weighted by Gasteiger charge is 2.25. The van der Waals surface area contributed by atoms with E-state index < -0.39 is 9.84 Å². The van der Waals surface area contributed by atoms with Crippen LogP contribution in [0.4, 0.5) is 5.00 Å². The van der Waals surface area contributed by atoms with Crippen molar-refractivity contribution in [3.05, 3.63) is 64.5 Å². The summed E-state index contributed by atoms with van der Waals surface area (Å²) in [5, 5.41) is 4.84. The van der Waals surface area contributed by atoms with Crippen molar-refractivity contribution in [3.63, 3.8) is 0 Å². The quantitative estimate of drug-likeness (QED) is 0.425. The summed E-state index contributed by atoms with van der Waals surface area (Å²) in [6, 6.07) is 14.1. The lowest BCUT2D eigenvalue weighted by molar-refractivity contribution is 0.102. The predicted molar refractivity (Wildman–Crippen MR) is 127 cm³/mol. The van der Waals surface area contributed by atoms with Crippen molar-refractivity contribution in [3.8, 4) is 10.6 Å². The standard InChI is InChI=1S/C23H20N2O3S3/c1-31(27,28)15-12-10-14(11-13-15)21(26)25-23-20(16-6-2-4-8-18(16)29-23)22-24-17-7-3-5-9-19(17)30-22/h3,5,7,9-13H,2,4,6,8H2,1H3,(H,25,26). The highest BCUT2D eigenvalue weighted by Crippen LogP contribution is 2.46. The molecule has 1 aliphatic rings. The molecule has 0 atom stereocenters. The molecular formula is C23H20N2O3S3. The van der Waals surface area contributed by atoms with Crippen LogP contribution < -0.4 is 5.32 Å². The van der Waals surface area contributed by atoms with Crippen molar-refractivity contribution in [2.45, 2.75) is 30.6 Å². The Hall–Kier alpha value is -2.55. The molecule has 5 rings (SSSR count). The maximum Gasteiger partial charge on any atom is 0.256 e. The summed E-state index contributed by atoms with van der Waals surface area (Å²) in [7, 11) is -3.30. The molecule has 0 saturated heterocycles. The summed E-state index contributed by atoms with van der Waals surface area (Å²) in [4.78, 5) is 19.3. The molecule has 0 spiro atoms. The smallest absolute Gasteiger partial charge is 0.256 e. The number of para-hydroxylation sites is 1. The number of hydrogen-bond acceptors (Lipinski definition) is 6. The van der Waals surface area contributed by atoms with Gasteiger partial charge in [0.15, 0.2) is 9.84 Å². The van der Waals surface area contributed by atoms with E-state index in [0.717, 1.165) is 57.7 Å². The Labute approximate surface area is 188 Å². The molecule has 158 valence electrons. The Balaban J connectivity index is 1.53. The van der Waals surface area contributed by atoms with Crippen molar-refractivity contribution in [1.29, 1.82) is 0 Å². The van der Waals surface area contributed by atoms with Gasteiger partial charge in [-0.2, -0.15) is 0 Å². The van der Waals surface area contributed by atoms with Crippen molar-refractivity contribution >= 4 is 53.6 Å². The summed E-state index contributed by atoms with van der Waals surface area (Å²) < 4.78 is 24.5. The number of hydrogen-bond donors (Lipinski definition) is 1. The van der Waals surface area contributed by atoms with Gasteiger partial charge in [-0.05, 0) is 67.6 Å². The lowest BCUT2D eigenvalue weighted by atomic mass is 9.95. The topological polar surface area (TPSA) is 76.1 Å². The fourth-order valence-electron chi connectivity index (χ4n) is 3.89. The SMILES string of the molecule is CS(=O)(=O)c1ccc(C(=O)Nc2sc3c(c2-c2nc4ccccc4s2)CCCC3)cc1. The highest BCUT2D eigenvalue weighted by atomic mass is 32.2. The molecule has 31 heavy (non-hydrogen) atoms. The van der Waals surface area contributed by atoms with Crippen molar-refractivity contribution in [2.24, 2.45) is 0 Å². The van der Waals surface area contributed by atoms with Crippen LogP contribution in [0.3, 0.4) is 0 Å². The maximum atomic E-state index is 13.0. The minimum Gasteiger partial charge on any atom is -0.313 e. The number of sulfone groups is 1. The van der Waals surface area contributed by atoms with Gasteiger partial charge in [0.05, 0.1) is 15.1 Å². The molecular weight excluding hydrogens is 448 g/mol. The minimum atomic E-state index is -3.30. The zero-order chi connectivity index (χ0) is 21.6. The average Bonchev–Trinajstić information content (AvgIpc) is 3.33. The summed E-state index contributed by atoms with van der Waals surface area (Å²) in [6.07, 6.45) is 5.48. The largest absolute Gasteiger partial charge is 0.313 e. The number of amides is 1. The van der Waals surface area contributed by atoms with E-state index in [1.165, 1.54) is 22.6 Å². The van der Waals surface area contributed by atoms with Gasteiger partial charge in [0.25, 0.3) is 5.91 Å². The van der Waals surface area contributed by atoms with Crippen LogP contribution in [0.15, 0.2) is 53.4 Å². The molecule has 4 aromatic rings. The number of rotatable bonds is 4. The molecule has 0 unspecified atom stereocenters. The Morgan fingerprint density at radius 1 is 1.00 bits per heavy atom. The van der Waals surface area contributed by atoms with Crippen LogP contribution in [-0.2, 0) is 22.7 Å². The summed E-state index contributed by atoms with van der Waals surface area (Å²) in [5.41, 5.74) is 3.74. The lowest BCUT2D eigenvalue weighted by Crippen LogP contribution is -2.12. The molecule has 2 aromatic heterocycles. The maximum absolute atomic E-state index is 13.0. The first-order valence-corrected chi connectivity index (χ1v) is 13.5. The molecule has 0 saturated carbocycles. The molecule has 1 N–H and O–H groups in total. The molecule has 0 aliphatic heterocycles. The van der Waals surface area contributed by atoms with E-state index in [2.05, 4.69) is 11.4 Å². The van der Waals surface area contributed by atoms with Gasteiger partial charge < -0.3 is 5.32 Å². The zero-order valence-corrected chi connectivity index (χ0v) is 19.3. The first kappa shape index (κ1) is 20.4. The number of nitrogens with zero attached hydrogens (tertiary/aromatic N) is 1. The Kier molecular flexibility index (Phi) is 5.16. The number of thiazole rings is 1. The van der Waals surface area contributed by atoms with Crippen LogP contribution in [0.1, 0.15) is 33.6 Å². The first-order chi connectivity index (χ1) is 14.9. The van der Waals surface area contributed by atoms with Crippen molar-refractivity contribution in [2.75, 3.05) is 11.6 Å². The molecule has 0 bridgehead atoms. The Morgan fingerprint density at radius 3 is 2.48 bits per heavy atom. The van der Waals surface area contributed by atoms with Gasteiger partial charge in [-0.15, -0.1) is 22.7 Å². The van der Waals surface area contributed by atoms with Crippen LogP contribution >= 0.6 is 22.7 Å². The molecule has 0 radical (unpaired) electrons. The Morgan fingerprint density at radius 2 is 1.74 bits per heavy atom. The van der Waals surface area contributed by atoms with Gasteiger partial charge in [-0.25, -0.2) is 13.4 Å². The van der Waals surface area contributed by atoms with Gasteiger partial charge in [0.2, 0.25) is 0 Å². The number of fused-ring (bicyclic) bond motifs is 2. The average molecular weight is 469 g/mol. The van der Waals surface area contributed by atoms with Gasteiger partial charge in [-0.3, -0.25) is 4.79 Å². The van der Waals surface area contributed by atoms with E-state index >= 15 is 0 Å². The molecule has 1 aliphatic carbocycles. The fraction of sp³-hybridized carbons (Fsp3) is 0.217. The summed E-state index contributed by atoms with van der Waals surface area (Å²) >= 11 is 3.28. The van der Waals surface area contributed by atoms with Gasteiger partial charge >= 0.3 is 0 Å². The first-order valence-electron chi connectivity index (χ1n) is 10.0. The number of anilines is 1. The van der Waals surface area contributed by atoms with Crippen LogP contribution in [-0.4, -0.2) is 25.6 Å². The normalized spacial score (nSPS) is 13.8. The minimum absolute atomic E-state index is 0.200. The number of carbonyl (C=O) groups is 1. The lowest BCUT2D eigenvalue weighted by Gasteiger charge is -2.11. The van der Waals surface area contributed by atoms with Gasteiger partial charge in [-0.1, -0.05) is 12.1 Å². The predicted octanol–water partition coefficient (Wildman–Crippen LogP) is 5.56. The van der Waals surface area contributed by atoms with Crippen LogP contribution in [0.2, 0.25) is 0 Å². The second kappa shape index (κ2) is 7.85. The van der Waals surface area contributed by atoms with E-state index in [0.29, 0.717) is 5.56 Å². The monoisotopic (exact) mass is 468 g/mol. The third-order valence-corrected chi connectivity index (χ3v) is 8.84. The second-order valence-electron chi connectivity index (χ2n) is 7.65. The highest BCUT2D eigenvalue weighted by molar-refractivity contribution is 7.90. The van der Waals surface area contributed by atoms with Crippen molar-refractivity contribution < 1.29 is 13.2 Å². The Bertz CT molecular complexity index is 1370. The number of carbonyl (C=O) groups excluding carboxylic acids is 1. The third kappa shape index (κ3) is 3.91. The van der Waals surface area contributed by atoms with E-state index in [9.17, 15) is 13.2 Å². The van der Waals surface area contributed by atoms with E-state index in [4.69, 9.17) is 4.98 Å². The zero-order valence-electron chi connectivity index (χ0n) is 16.8. The molecule has 8 heteroatoms. The van der Waals surface area contributed by atoms with Crippen LogP contribution in [0.25, 0.3) is 20.8 Å². The number of nitrogens with one attached hydrogen (secondary N) is 1. The number of benzene rings is 2. The molecule has 0 fully saturated rings. The second-order valence-corrected chi connectivity index (χ2v) is 11.8. The van der Waals surface area contributed by atoms with Crippen LogP contribution in [0.5, 0.6) is 0 Å². The fourth-order valence-corrected chi connectivity index (χ4v) is 6.91. The molecule has 1 amide bonds.